The van der Waals surface area contributed by atoms with Gasteiger partial charge in [-0.2, -0.15) is 0 Å². The summed E-state index contributed by atoms with van der Waals surface area (Å²) in [6.07, 6.45) is 0. The van der Waals surface area contributed by atoms with Crippen LogP contribution in [0.15, 0.2) is 71.6 Å². The van der Waals surface area contributed by atoms with E-state index >= 15 is 0 Å². The molecule has 1 atom stereocenters. The van der Waals surface area contributed by atoms with E-state index in [1.165, 1.54) is 69.7 Å². The van der Waals surface area contributed by atoms with Gasteiger partial charge in [0, 0.05) is 24.7 Å². The fraction of sp³-hybridized carbons (Fsp3) is 0.333. The number of nitrogens with zero attached hydrogens (tertiary/aromatic N) is 2. The van der Waals surface area contributed by atoms with Crippen LogP contribution in [0, 0.1) is 5.82 Å². The number of ether oxygens (including phenoxy) is 3. The summed E-state index contributed by atoms with van der Waals surface area (Å²) in [7, 11) is -1.56. The number of amides is 2. The number of anilines is 1. The number of hydrogen-bond donors (Lipinski definition) is 1. The molecule has 0 fully saturated rings. The molecule has 0 aliphatic carbocycles. The number of methoxy groups -OCH3 is 2. The lowest BCUT2D eigenvalue weighted by molar-refractivity contribution is -0.139. The van der Waals surface area contributed by atoms with Crippen molar-refractivity contribution in [1.82, 2.24) is 10.2 Å². The first kappa shape index (κ1) is 32.2. The number of likely N-dealkylation sites (N-methyl/N-ethyl adjacent to an activating group) is 1. The highest BCUT2D eigenvalue weighted by Gasteiger charge is 2.33. The minimum Gasteiger partial charge on any atom is -0.494 e. The monoisotopic (exact) mass is 601 g/mol. The molecule has 42 heavy (non-hydrogen) atoms. The van der Waals surface area contributed by atoms with E-state index in [-0.39, 0.29) is 28.4 Å². The van der Waals surface area contributed by atoms with Crippen LogP contribution in [-0.2, 0) is 26.2 Å². The summed E-state index contributed by atoms with van der Waals surface area (Å²) >= 11 is 0. The molecular formula is C30H36FN3O7S. The molecule has 0 aromatic heterocycles. The summed E-state index contributed by atoms with van der Waals surface area (Å²) in [5.41, 5.74) is 0.357. The molecule has 0 saturated heterocycles. The molecule has 1 N–H and O–H groups in total. The molecule has 0 unspecified atom stereocenters. The van der Waals surface area contributed by atoms with Crippen LogP contribution in [-0.4, -0.2) is 65.1 Å². The zero-order valence-corrected chi connectivity index (χ0v) is 25.1. The molecule has 0 aliphatic rings. The predicted octanol–water partition coefficient (Wildman–Crippen LogP) is 3.99. The Morgan fingerprint density at radius 3 is 2.21 bits per heavy atom. The molecule has 0 bridgehead atoms. The summed E-state index contributed by atoms with van der Waals surface area (Å²) in [6, 6.07) is 15.2. The van der Waals surface area contributed by atoms with Crippen molar-refractivity contribution in [2.45, 2.75) is 38.3 Å². The molecular weight excluding hydrogens is 565 g/mol. The van der Waals surface area contributed by atoms with Crippen molar-refractivity contribution in [2.75, 3.05) is 38.2 Å². The molecule has 0 radical (unpaired) electrons. The van der Waals surface area contributed by atoms with Crippen LogP contribution in [0.1, 0.15) is 26.3 Å². The first-order valence-corrected chi connectivity index (χ1v) is 14.8. The normalized spacial score (nSPS) is 11.8. The van der Waals surface area contributed by atoms with Crippen LogP contribution in [0.25, 0.3) is 0 Å². The fourth-order valence-electron chi connectivity index (χ4n) is 4.22. The summed E-state index contributed by atoms with van der Waals surface area (Å²) in [5.74, 6) is -0.705. The molecule has 3 aromatic rings. The molecule has 0 heterocycles. The zero-order chi connectivity index (χ0) is 30.9. The number of carbonyl (C=O) groups excluding carboxylic acids is 2. The van der Waals surface area contributed by atoms with Gasteiger partial charge in [-0.05, 0) is 63.2 Å². The van der Waals surface area contributed by atoms with Crippen molar-refractivity contribution in [2.24, 2.45) is 0 Å². The first-order chi connectivity index (χ1) is 20.1. The maximum absolute atomic E-state index is 14.6. The third-order valence-electron chi connectivity index (χ3n) is 6.47. The third-order valence-corrected chi connectivity index (χ3v) is 8.24. The van der Waals surface area contributed by atoms with E-state index in [1.54, 1.807) is 25.1 Å². The second-order valence-corrected chi connectivity index (χ2v) is 11.0. The molecule has 3 aromatic carbocycles. The molecule has 2 amide bonds. The Morgan fingerprint density at radius 1 is 0.952 bits per heavy atom. The topological polar surface area (TPSA) is 114 Å². The van der Waals surface area contributed by atoms with Gasteiger partial charge in [-0.1, -0.05) is 18.2 Å². The molecule has 0 saturated carbocycles. The number of carbonyl (C=O) groups is 2. The number of rotatable bonds is 14. The SMILES string of the molecule is CCNC(=O)[C@H](C)N(Cc1ccccc1F)C(=O)CN(c1ccc(OCC)cc1)S(=O)(=O)c1ccc(OC)c(OC)c1. The Bertz CT molecular complexity index is 1480. The van der Waals surface area contributed by atoms with Gasteiger partial charge in [0.25, 0.3) is 10.0 Å². The Labute approximate surface area is 246 Å². The number of benzene rings is 3. The zero-order valence-electron chi connectivity index (χ0n) is 24.3. The standard InChI is InChI=1S/C30H36FN3O7S/c1-6-32-30(36)21(3)33(19-22-10-8-9-11-26(22)31)29(35)20-34(23-12-14-24(15-13-23)41-7-2)42(37,38)25-16-17-27(39-4)28(18-25)40-5/h8-18,21H,6-7,19-20H2,1-5H3,(H,32,36)/t21-/m0/s1. The molecule has 0 aliphatic heterocycles. The summed E-state index contributed by atoms with van der Waals surface area (Å²) in [5, 5.41) is 2.67. The van der Waals surface area contributed by atoms with E-state index < -0.39 is 40.2 Å². The second kappa shape index (κ2) is 14.5. The summed E-state index contributed by atoms with van der Waals surface area (Å²) in [6.45, 7) is 4.86. The van der Waals surface area contributed by atoms with Gasteiger partial charge in [-0.15, -0.1) is 0 Å². The van der Waals surface area contributed by atoms with Crippen LogP contribution >= 0.6 is 0 Å². The van der Waals surface area contributed by atoms with Crippen LogP contribution < -0.4 is 23.8 Å². The van der Waals surface area contributed by atoms with Gasteiger partial charge >= 0.3 is 0 Å². The fourth-order valence-corrected chi connectivity index (χ4v) is 5.65. The van der Waals surface area contributed by atoms with Crippen LogP contribution in [0.2, 0.25) is 0 Å². The maximum atomic E-state index is 14.6. The van der Waals surface area contributed by atoms with E-state index in [0.29, 0.717) is 24.7 Å². The van der Waals surface area contributed by atoms with Crippen LogP contribution in [0.3, 0.4) is 0 Å². The number of hydrogen-bond acceptors (Lipinski definition) is 7. The summed E-state index contributed by atoms with van der Waals surface area (Å²) < 4.78 is 59.7. The van der Waals surface area contributed by atoms with Crippen LogP contribution in [0.4, 0.5) is 10.1 Å². The van der Waals surface area contributed by atoms with Crippen molar-refractivity contribution < 1.29 is 36.6 Å². The van der Waals surface area contributed by atoms with Gasteiger partial charge in [0.05, 0.1) is 31.4 Å². The molecule has 10 nitrogen and oxygen atoms in total. The lowest BCUT2D eigenvalue weighted by Gasteiger charge is -2.32. The highest BCUT2D eigenvalue weighted by Crippen LogP contribution is 2.33. The Balaban J connectivity index is 2.09. The number of nitrogens with one attached hydrogen (secondary N) is 1. The minimum atomic E-state index is -4.37. The maximum Gasteiger partial charge on any atom is 0.264 e. The Kier molecular flexibility index (Phi) is 11.1. The van der Waals surface area contributed by atoms with Gasteiger partial charge in [0.1, 0.15) is 24.2 Å². The first-order valence-electron chi connectivity index (χ1n) is 13.4. The van der Waals surface area contributed by atoms with Crippen molar-refractivity contribution in [3.8, 4) is 17.2 Å². The highest BCUT2D eigenvalue weighted by molar-refractivity contribution is 7.92. The quantitative estimate of drug-likeness (QED) is 0.297. The van der Waals surface area contributed by atoms with Crippen molar-refractivity contribution in [3.05, 3.63) is 78.1 Å². The largest absolute Gasteiger partial charge is 0.494 e. The minimum absolute atomic E-state index is 0.153. The van der Waals surface area contributed by atoms with E-state index in [4.69, 9.17) is 14.2 Å². The van der Waals surface area contributed by atoms with Crippen molar-refractivity contribution >= 4 is 27.5 Å². The second-order valence-electron chi connectivity index (χ2n) is 9.14. The summed E-state index contributed by atoms with van der Waals surface area (Å²) in [4.78, 5) is 27.7. The molecule has 226 valence electrons. The van der Waals surface area contributed by atoms with Crippen molar-refractivity contribution in [3.63, 3.8) is 0 Å². The molecule has 12 heteroatoms. The van der Waals surface area contributed by atoms with Gasteiger partial charge in [-0.25, -0.2) is 12.8 Å². The average molecular weight is 602 g/mol. The lowest BCUT2D eigenvalue weighted by atomic mass is 10.1. The number of halogens is 1. The van der Waals surface area contributed by atoms with Gasteiger partial charge in [0.15, 0.2) is 11.5 Å². The van der Waals surface area contributed by atoms with E-state index in [9.17, 15) is 22.4 Å². The van der Waals surface area contributed by atoms with E-state index in [1.807, 2.05) is 6.92 Å². The lowest BCUT2D eigenvalue weighted by Crippen LogP contribution is -2.51. The van der Waals surface area contributed by atoms with Gasteiger partial charge in [0.2, 0.25) is 11.8 Å². The highest BCUT2D eigenvalue weighted by atomic mass is 32.2. The number of sulfonamides is 1. The Hall–Kier alpha value is -4.32. The van der Waals surface area contributed by atoms with Crippen LogP contribution in [0.5, 0.6) is 17.2 Å². The molecule has 0 spiro atoms. The Morgan fingerprint density at radius 2 is 1.62 bits per heavy atom. The van der Waals surface area contributed by atoms with E-state index in [2.05, 4.69) is 5.32 Å². The average Bonchev–Trinajstić information content (AvgIpc) is 2.99. The van der Waals surface area contributed by atoms with Gasteiger partial charge < -0.3 is 24.4 Å². The van der Waals surface area contributed by atoms with Crippen molar-refractivity contribution in [1.29, 1.82) is 0 Å². The molecule has 3 rings (SSSR count). The van der Waals surface area contributed by atoms with E-state index in [0.717, 1.165) is 9.21 Å². The smallest absolute Gasteiger partial charge is 0.264 e. The predicted molar refractivity (Wildman–Crippen MR) is 157 cm³/mol. The third kappa shape index (κ3) is 7.49. The van der Waals surface area contributed by atoms with Gasteiger partial charge in [-0.3, -0.25) is 13.9 Å².